The van der Waals surface area contributed by atoms with E-state index in [4.69, 9.17) is 4.74 Å². The van der Waals surface area contributed by atoms with E-state index in [1.54, 1.807) is 0 Å². The summed E-state index contributed by atoms with van der Waals surface area (Å²) in [5.41, 5.74) is 2.23. The molecule has 0 unspecified atom stereocenters. The number of aromatic nitrogens is 2. The fourth-order valence-corrected chi connectivity index (χ4v) is 2.80. The third-order valence-electron chi connectivity index (χ3n) is 3.79. The summed E-state index contributed by atoms with van der Waals surface area (Å²) in [5.74, 6) is 2.38. The number of ether oxygens (including phenoxy) is 1. The van der Waals surface area contributed by atoms with Gasteiger partial charge in [-0.25, -0.2) is 9.97 Å². The summed E-state index contributed by atoms with van der Waals surface area (Å²) >= 11 is 0. The van der Waals surface area contributed by atoms with Crippen molar-refractivity contribution in [2.24, 2.45) is 0 Å². The molecule has 0 amide bonds. The maximum Gasteiger partial charge on any atom is 0.136 e. The largest absolute Gasteiger partial charge is 0.378 e. The van der Waals surface area contributed by atoms with Crippen LogP contribution in [0.4, 0.5) is 23.0 Å². The zero-order chi connectivity index (χ0) is 16.9. The minimum atomic E-state index is 0.327. The van der Waals surface area contributed by atoms with Crippen LogP contribution in [0.15, 0.2) is 30.3 Å². The highest BCUT2D eigenvalue weighted by Gasteiger charge is 2.15. The highest BCUT2D eigenvalue weighted by atomic mass is 16.5. The SMILES string of the molecule is Cc1nc(Nc2ccccc2N2CCOCC2)cc(NC(C)C)n1. The molecule has 2 N–H and O–H groups in total. The lowest BCUT2D eigenvalue weighted by Crippen LogP contribution is -2.36. The summed E-state index contributed by atoms with van der Waals surface area (Å²) in [6, 6.07) is 10.6. The smallest absolute Gasteiger partial charge is 0.136 e. The molecule has 1 aliphatic rings. The summed E-state index contributed by atoms with van der Waals surface area (Å²) in [6.45, 7) is 9.44. The second-order valence-corrected chi connectivity index (χ2v) is 6.23. The molecule has 6 heteroatoms. The molecule has 2 aromatic rings. The number of rotatable bonds is 5. The quantitative estimate of drug-likeness (QED) is 0.879. The van der Waals surface area contributed by atoms with E-state index in [1.807, 2.05) is 19.1 Å². The lowest BCUT2D eigenvalue weighted by molar-refractivity contribution is 0.123. The maximum absolute atomic E-state index is 5.46. The summed E-state index contributed by atoms with van der Waals surface area (Å²) in [5, 5.41) is 6.78. The average Bonchev–Trinajstić information content (AvgIpc) is 2.55. The van der Waals surface area contributed by atoms with Crippen LogP contribution in [0.2, 0.25) is 0 Å². The van der Waals surface area contributed by atoms with E-state index in [-0.39, 0.29) is 0 Å². The molecule has 1 saturated heterocycles. The summed E-state index contributed by atoms with van der Waals surface area (Å²) in [4.78, 5) is 11.3. The van der Waals surface area contributed by atoms with Crippen LogP contribution < -0.4 is 15.5 Å². The normalized spacial score (nSPS) is 14.8. The van der Waals surface area contributed by atoms with E-state index in [0.717, 1.165) is 49.5 Å². The standard InChI is InChI=1S/C18H25N5O/c1-13(2)19-17-12-18(21-14(3)20-17)22-15-6-4-5-7-16(15)23-8-10-24-11-9-23/h4-7,12-13H,8-11H2,1-3H3,(H2,19,20,21,22). The molecule has 1 aliphatic heterocycles. The first-order valence-electron chi connectivity index (χ1n) is 8.43. The Bertz CT molecular complexity index is 683. The number of nitrogens with zero attached hydrogens (tertiary/aromatic N) is 3. The predicted octanol–water partition coefficient (Wildman–Crippen LogP) is 3.19. The van der Waals surface area contributed by atoms with Crippen molar-refractivity contribution < 1.29 is 4.74 Å². The molecular weight excluding hydrogens is 302 g/mol. The van der Waals surface area contributed by atoms with Gasteiger partial charge in [0.25, 0.3) is 0 Å². The number of hydrogen-bond donors (Lipinski definition) is 2. The third-order valence-corrected chi connectivity index (χ3v) is 3.79. The molecule has 1 fully saturated rings. The average molecular weight is 327 g/mol. The Hall–Kier alpha value is -2.34. The van der Waals surface area contributed by atoms with E-state index in [0.29, 0.717) is 6.04 Å². The second-order valence-electron chi connectivity index (χ2n) is 6.23. The van der Waals surface area contributed by atoms with Crippen molar-refractivity contribution in [3.63, 3.8) is 0 Å². The number of para-hydroxylation sites is 2. The Morgan fingerprint density at radius 1 is 1.08 bits per heavy atom. The number of anilines is 4. The van der Waals surface area contributed by atoms with Gasteiger partial charge in [0.15, 0.2) is 0 Å². The van der Waals surface area contributed by atoms with E-state index in [2.05, 4.69) is 57.5 Å². The lowest BCUT2D eigenvalue weighted by atomic mass is 10.2. The molecule has 0 saturated carbocycles. The topological polar surface area (TPSA) is 62.3 Å². The van der Waals surface area contributed by atoms with E-state index < -0.39 is 0 Å². The molecule has 1 aromatic carbocycles. The Morgan fingerprint density at radius 2 is 1.79 bits per heavy atom. The molecule has 24 heavy (non-hydrogen) atoms. The van der Waals surface area contributed by atoms with Gasteiger partial charge in [-0.2, -0.15) is 0 Å². The Labute approximate surface area is 143 Å². The molecule has 0 atom stereocenters. The van der Waals surface area contributed by atoms with Gasteiger partial charge in [0.2, 0.25) is 0 Å². The second kappa shape index (κ2) is 7.49. The van der Waals surface area contributed by atoms with Crippen molar-refractivity contribution in [2.75, 3.05) is 41.8 Å². The van der Waals surface area contributed by atoms with Crippen molar-refractivity contribution in [3.8, 4) is 0 Å². The van der Waals surface area contributed by atoms with Gasteiger partial charge >= 0.3 is 0 Å². The van der Waals surface area contributed by atoms with Crippen molar-refractivity contribution in [1.29, 1.82) is 0 Å². The van der Waals surface area contributed by atoms with Gasteiger partial charge < -0.3 is 20.3 Å². The minimum absolute atomic E-state index is 0.327. The fraction of sp³-hybridized carbons (Fsp3) is 0.444. The van der Waals surface area contributed by atoms with Crippen LogP contribution in [0.3, 0.4) is 0 Å². The summed E-state index contributed by atoms with van der Waals surface area (Å²) in [6.07, 6.45) is 0. The van der Waals surface area contributed by atoms with Gasteiger partial charge in [-0.3, -0.25) is 0 Å². The zero-order valence-electron chi connectivity index (χ0n) is 14.5. The fourth-order valence-electron chi connectivity index (χ4n) is 2.80. The summed E-state index contributed by atoms with van der Waals surface area (Å²) < 4.78 is 5.46. The molecule has 0 spiro atoms. The highest BCUT2D eigenvalue weighted by molar-refractivity contribution is 5.75. The van der Waals surface area contributed by atoms with Crippen molar-refractivity contribution in [1.82, 2.24) is 9.97 Å². The molecule has 2 heterocycles. The molecule has 0 bridgehead atoms. The number of benzene rings is 1. The van der Waals surface area contributed by atoms with Crippen LogP contribution in [-0.4, -0.2) is 42.3 Å². The van der Waals surface area contributed by atoms with Gasteiger partial charge in [0, 0.05) is 25.2 Å². The van der Waals surface area contributed by atoms with Gasteiger partial charge in [0.05, 0.1) is 24.6 Å². The number of morpholine rings is 1. The molecule has 3 rings (SSSR count). The first kappa shape index (κ1) is 16.5. The molecular formula is C18H25N5O. The van der Waals surface area contributed by atoms with Crippen molar-refractivity contribution >= 4 is 23.0 Å². The van der Waals surface area contributed by atoms with Crippen LogP contribution in [0.5, 0.6) is 0 Å². The van der Waals surface area contributed by atoms with E-state index >= 15 is 0 Å². The summed E-state index contributed by atoms with van der Waals surface area (Å²) in [7, 11) is 0. The number of hydrogen-bond acceptors (Lipinski definition) is 6. The van der Waals surface area contributed by atoms with Gasteiger partial charge in [-0.15, -0.1) is 0 Å². The van der Waals surface area contributed by atoms with Gasteiger partial charge in [0.1, 0.15) is 17.5 Å². The van der Waals surface area contributed by atoms with Crippen LogP contribution in [-0.2, 0) is 4.74 Å². The first-order valence-corrected chi connectivity index (χ1v) is 8.43. The van der Waals surface area contributed by atoms with Crippen LogP contribution in [0.1, 0.15) is 19.7 Å². The van der Waals surface area contributed by atoms with E-state index in [9.17, 15) is 0 Å². The molecule has 128 valence electrons. The Balaban J connectivity index is 1.84. The van der Waals surface area contributed by atoms with Crippen molar-refractivity contribution in [2.45, 2.75) is 26.8 Å². The maximum atomic E-state index is 5.46. The molecule has 0 aliphatic carbocycles. The van der Waals surface area contributed by atoms with Crippen LogP contribution in [0, 0.1) is 6.92 Å². The van der Waals surface area contributed by atoms with Gasteiger partial charge in [-0.1, -0.05) is 12.1 Å². The molecule has 6 nitrogen and oxygen atoms in total. The van der Waals surface area contributed by atoms with Crippen LogP contribution >= 0.6 is 0 Å². The highest BCUT2D eigenvalue weighted by Crippen LogP contribution is 2.29. The monoisotopic (exact) mass is 327 g/mol. The lowest BCUT2D eigenvalue weighted by Gasteiger charge is -2.30. The number of aryl methyl sites for hydroxylation is 1. The minimum Gasteiger partial charge on any atom is -0.378 e. The van der Waals surface area contributed by atoms with E-state index in [1.165, 1.54) is 5.69 Å². The molecule has 0 radical (unpaired) electrons. The Kier molecular flexibility index (Phi) is 5.15. The predicted molar refractivity (Wildman–Crippen MR) is 98.3 cm³/mol. The number of nitrogens with one attached hydrogen (secondary N) is 2. The van der Waals surface area contributed by atoms with Crippen LogP contribution in [0.25, 0.3) is 0 Å². The van der Waals surface area contributed by atoms with Gasteiger partial charge in [-0.05, 0) is 32.9 Å². The Morgan fingerprint density at radius 3 is 2.54 bits per heavy atom. The molecule has 1 aromatic heterocycles. The zero-order valence-corrected chi connectivity index (χ0v) is 14.5. The first-order chi connectivity index (χ1) is 11.6. The third kappa shape index (κ3) is 4.14. The van der Waals surface area contributed by atoms with Crippen molar-refractivity contribution in [3.05, 3.63) is 36.2 Å².